The highest BCUT2D eigenvalue weighted by Crippen LogP contribution is 2.27. The Kier molecular flexibility index (Phi) is 5.18. The van der Waals surface area contributed by atoms with Gasteiger partial charge in [-0.15, -0.1) is 10.2 Å². The molecule has 0 N–H and O–H groups in total. The van der Waals surface area contributed by atoms with Crippen LogP contribution < -0.4 is 0 Å². The summed E-state index contributed by atoms with van der Waals surface area (Å²) in [6, 6.07) is 11.0. The van der Waals surface area contributed by atoms with Crippen molar-refractivity contribution in [3.8, 4) is 5.69 Å². The number of hydrogen-bond acceptors (Lipinski definition) is 4. The molecule has 134 valence electrons. The Balaban J connectivity index is 1.86. The Labute approximate surface area is 154 Å². The van der Waals surface area contributed by atoms with Gasteiger partial charge in [-0.05, 0) is 51.1 Å². The highest BCUT2D eigenvalue weighted by atomic mass is 32.2. The minimum atomic E-state index is -1.04. The van der Waals surface area contributed by atoms with Crippen molar-refractivity contribution in [1.82, 2.24) is 14.8 Å². The highest BCUT2D eigenvalue weighted by molar-refractivity contribution is 8.00. The molecule has 0 aliphatic carbocycles. The van der Waals surface area contributed by atoms with Gasteiger partial charge in [0.1, 0.15) is 5.82 Å². The van der Waals surface area contributed by atoms with Crippen LogP contribution in [0.3, 0.4) is 0 Å². The Morgan fingerprint density at radius 3 is 2.38 bits per heavy atom. The van der Waals surface area contributed by atoms with E-state index in [1.54, 1.807) is 6.92 Å². The van der Waals surface area contributed by atoms with Crippen LogP contribution in [0.5, 0.6) is 0 Å². The third-order valence-corrected chi connectivity index (χ3v) is 4.99. The molecular weight excluding hydrogens is 356 g/mol. The second kappa shape index (κ2) is 7.37. The topological polar surface area (TPSA) is 47.8 Å². The summed E-state index contributed by atoms with van der Waals surface area (Å²) in [6.07, 6.45) is 0. The smallest absolute Gasteiger partial charge is 0.196 e. The number of Topliss-reactive ketones (excluding diaryl/α,β-unsaturated/α-hetero) is 1. The van der Waals surface area contributed by atoms with Crippen molar-refractivity contribution in [3.63, 3.8) is 0 Å². The molecule has 26 heavy (non-hydrogen) atoms. The molecule has 7 heteroatoms. The van der Waals surface area contributed by atoms with Gasteiger partial charge >= 0.3 is 0 Å². The first-order valence-electron chi connectivity index (χ1n) is 8.02. The molecule has 0 amide bonds. The summed E-state index contributed by atoms with van der Waals surface area (Å²) in [5.41, 5.74) is 2.16. The number of ketones is 1. The van der Waals surface area contributed by atoms with Gasteiger partial charge in [-0.3, -0.25) is 9.36 Å². The molecule has 0 aliphatic heterocycles. The predicted octanol–water partition coefficient (Wildman–Crippen LogP) is 4.53. The lowest BCUT2D eigenvalue weighted by Crippen LogP contribution is -2.15. The fourth-order valence-corrected chi connectivity index (χ4v) is 3.50. The summed E-state index contributed by atoms with van der Waals surface area (Å²) < 4.78 is 28.3. The zero-order chi connectivity index (χ0) is 18.8. The van der Waals surface area contributed by atoms with Crippen molar-refractivity contribution in [3.05, 3.63) is 71.1 Å². The summed E-state index contributed by atoms with van der Waals surface area (Å²) in [7, 11) is 0. The van der Waals surface area contributed by atoms with Crippen LogP contribution in [0, 0.1) is 25.5 Å². The summed E-state index contributed by atoms with van der Waals surface area (Å²) >= 11 is 1.23. The quantitative estimate of drug-likeness (QED) is 0.487. The normalized spacial score (nSPS) is 12.2. The van der Waals surface area contributed by atoms with Gasteiger partial charge in [0.2, 0.25) is 0 Å². The lowest BCUT2D eigenvalue weighted by molar-refractivity contribution is 0.0993. The first kappa shape index (κ1) is 18.3. The molecule has 4 nitrogen and oxygen atoms in total. The van der Waals surface area contributed by atoms with Crippen molar-refractivity contribution in [2.24, 2.45) is 0 Å². The Bertz CT molecular complexity index is 954. The number of aryl methyl sites for hydroxylation is 2. The lowest BCUT2D eigenvalue weighted by Gasteiger charge is -2.12. The second-order valence-corrected chi connectivity index (χ2v) is 7.26. The van der Waals surface area contributed by atoms with Crippen LogP contribution in [-0.2, 0) is 0 Å². The Hall–Kier alpha value is -2.54. The van der Waals surface area contributed by atoms with Gasteiger partial charge < -0.3 is 0 Å². The molecular formula is C19H17F2N3OS. The minimum absolute atomic E-state index is 0.127. The molecule has 1 heterocycles. The largest absolute Gasteiger partial charge is 0.293 e. The lowest BCUT2D eigenvalue weighted by atomic mass is 10.1. The fourth-order valence-electron chi connectivity index (χ4n) is 2.51. The third-order valence-electron chi connectivity index (χ3n) is 3.94. The van der Waals surface area contributed by atoms with Gasteiger partial charge in [-0.1, -0.05) is 29.5 Å². The number of carbonyl (C=O) groups is 1. The number of halogens is 2. The molecule has 0 aliphatic rings. The van der Waals surface area contributed by atoms with Crippen molar-refractivity contribution >= 4 is 17.5 Å². The number of rotatable bonds is 5. The molecule has 3 aromatic rings. The average Bonchev–Trinajstić information content (AvgIpc) is 2.98. The van der Waals surface area contributed by atoms with Gasteiger partial charge in [-0.25, -0.2) is 8.78 Å². The van der Waals surface area contributed by atoms with Crippen LogP contribution in [0.2, 0.25) is 0 Å². The van der Waals surface area contributed by atoms with E-state index in [4.69, 9.17) is 0 Å². The highest BCUT2D eigenvalue weighted by Gasteiger charge is 2.22. The molecule has 0 unspecified atom stereocenters. The Morgan fingerprint density at radius 2 is 1.73 bits per heavy atom. The van der Waals surface area contributed by atoms with Crippen molar-refractivity contribution in [1.29, 1.82) is 0 Å². The van der Waals surface area contributed by atoms with E-state index in [1.807, 2.05) is 42.7 Å². The van der Waals surface area contributed by atoms with Crippen LogP contribution in [0.15, 0.2) is 47.6 Å². The van der Waals surface area contributed by atoms with E-state index in [0.29, 0.717) is 11.0 Å². The summed E-state index contributed by atoms with van der Waals surface area (Å²) in [4.78, 5) is 12.5. The molecule has 0 spiro atoms. The van der Waals surface area contributed by atoms with Gasteiger partial charge in [0, 0.05) is 11.3 Å². The number of hydrogen-bond donors (Lipinski definition) is 0. The molecule has 0 radical (unpaired) electrons. The van der Waals surface area contributed by atoms with Crippen molar-refractivity contribution in [2.75, 3.05) is 0 Å². The maximum absolute atomic E-state index is 13.4. The SMILES string of the molecule is Cc1ccc(-n2c(C)nnc2S[C@H](C)C(=O)c2ccc(F)c(F)c2)cc1. The monoisotopic (exact) mass is 373 g/mol. The van der Waals surface area contributed by atoms with Gasteiger partial charge in [-0.2, -0.15) is 0 Å². The van der Waals surface area contributed by atoms with Gasteiger partial charge in [0.25, 0.3) is 0 Å². The number of benzene rings is 2. The maximum atomic E-state index is 13.4. The number of aromatic nitrogens is 3. The van der Waals surface area contributed by atoms with Gasteiger partial charge in [0.15, 0.2) is 22.6 Å². The molecule has 0 saturated heterocycles. The van der Waals surface area contributed by atoms with E-state index in [1.165, 1.54) is 17.8 Å². The summed E-state index contributed by atoms with van der Waals surface area (Å²) in [5.74, 6) is -1.61. The molecule has 2 aromatic carbocycles. The van der Waals surface area contributed by atoms with E-state index < -0.39 is 16.9 Å². The molecule has 1 aromatic heterocycles. The first-order chi connectivity index (χ1) is 12.4. The van der Waals surface area contributed by atoms with E-state index in [2.05, 4.69) is 10.2 Å². The first-order valence-corrected chi connectivity index (χ1v) is 8.90. The summed E-state index contributed by atoms with van der Waals surface area (Å²) in [5, 5.41) is 8.28. The molecule has 0 bridgehead atoms. The molecule has 1 atom stereocenters. The zero-order valence-electron chi connectivity index (χ0n) is 14.5. The number of nitrogens with zero attached hydrogens (tertiary/aromatic N) is 3. The van der Waals surface area contributed by atoms with Crippen molar-refractivity contribution < 1.29 is 13.6 Å². The fraction of sp³-hybridized carbons (Fsp3) is 0.211. The minimum Gasteiger partial charge on any atom is -0.293 e. The maximum Gasteiger partial charge on any atom is 0.196 e. The molecule has 3 rings (SSSR count). The average molecular weight is 373 g/mol. The number of thioether (sulfide) groups is 1. The van der Waals surface area contributed by atoms with Crippen molar-refractivity contribution in [2.45, 2.75) is 31.2 Å². The van der Waals surface area contributed by atoms with Crippen LogP contribution in [0.1, 0.15) is 28.7 Å². The van der Waals surface area contributed by atoms with E-state index in [9.17, 15) is 13.6 Å². The van der Waals surface area contributed by atoms with Gasteiger partial charge in [0.05, 0.1) is 5.25 Å². The third kappa shape index (κ3) is 3.67. The van der Waals surface area contributed by atoms with E-state index >= 15 is 0 Å². The number of carbonyl (C=O) groups excluding carboxylic acids is 1. The second-order valence-electron chi connectivity index (χ2n) is 5.95. The van der Waals surface area contributed by atoms with Crippen LogP contribution in [-0.4, -0.2) is 25.8 Å². The van der Waals surface area contributed by atoms with E-state index in [-0.39, 0.29) is 11.3 Å². The van der Waals surface area contributed by atoms with E-state index in [0.717, 1.165) is 23.4 Å². The van der Waals surface area contributed by atoms with Crippen LogP contribution >= 0.6 is 11.8 Å². The molecule has 0 saturated carbocycles. The standard InChI is InChI=1S/C19H17F2N3OS/c1-11-4-7-15(8-5-11)24-13(3)22-23-19(24)26-12(2)18(25)14-6-9-16(20)17(21)10-14/h4-10,12H,1-3H3/t12-/m1/s1. The Morgan fingerprint density at radius 1 is 1.04 bits per heavy atom. The van der Waals surface area contributed by atoms with Crippen LogP contribution in [0.25, 0.3) is 5.69 Å². The summed E-state index contributed by atoms with van der Waals surface area (Å²) in [6.45, 7) is 5.54. The zero-order valence-corrected chi connectivity index (χ0v) is 15.3. The predicted molar refractivity (Wildman–Crippen MR) is 96.8 cm³/mol. The van der Waals surface area contributed by atoms with Crippen LogP contribution in [0.4, 0.5) is 8.78 Å². The molecule has 0 fully saturated rings.